The van der Waals surface area contributed by atoms with E-state index < -0.39 is 0 Å². The largest absolute Gasteiger partial charge is 0.336 e. The summed E-state index contributed by atoms with van der Waals surface area (Å²) in [6.45, 7) is 8.70. The molecule has 0 aliphatic carbocycles. The van der Waals surface area contributed by atoms with Gasteiger partial charge in [0.2, 0.25) is 0 Å². The molecule has 1 aromatic rings. The lowest BCUT2D eigenvalue weighted by molar-refractivity contribution is 0.0681. The van der Waals surface area contributed by atoms with E-state index in [1.807, 2.05) is 13.8 Å². The van der Waals surface area contributed by atoms with Gasteiger partial charge in [-0.25, -0.2) is 0 Å². The molecule has 1 amide bonds. The molecule has 0 fully saturated rings. The Kier molecular flexibility index (Phi) is 5.35. The number of hydrogen-bond acceptors (Lipinski definition) is 3. The maximum absolute atomic E-state index is 12.4. The number of halogens is 2. The molecule has 4 nitrogen and oxygen atoms in total. The Morgan fingerprint density at radius 3 is 2.39 bits per heavy atom. The van der Waals surface area contributed by atoms with E-state index in [9.17, 15) is 4.79 Å². The number of hydrogen-bond donors (Lipinski definition) is 0. The van der Waals surface area contributed by atoms with Crippen molar-refractivity contribution in [3.05, 3.63) is 21.9 Å². The van der Waals surface area contributed by atoms with Gasteiger partial charge >= 0.3 is 0 Å². The summed E-state index contributed by atoms with van der Waals surface area (Å²) in [6, 6.07) is 1.54. The molecule has 0 bridgehead atoms. The van der Waals surface area contributed by atoms with E-state index in [1.165, 1.54) is 6.07 Å². The van der Waals surface area contributed by atoms with Crippen LogP contribution in [0.5, 0.6) is 0 Å². The molecule has 100 valence electrons. The third-order valence-electron chi connectivity index (χ3n) is 2.40. The van der Waals surface area contributed by atoms with Crippen LogP contribution in [0.1, 0.15) is 38.1 Å². The zero-order valence-corrected chi connectivity index (χ0v) is 12.5. The first kappa shape index (κ1) is 15.2. The van der Waals surface area contributed by atoms with Gasteiger partial charge in [0.05, 0.1) is 5.56 Å². The summed E-state index contributed by atoms with van der Waals surface area (Å²) in [5, 5.41) is 7.50. The molecular weight excluding hydrogens is 273 g/mol. The topological polar surface area (TPSA) is 46.1 Å². The van der Waals surface area contributed by atoms with E-state index in [0.29, 0.717) is 18.0 Å². The summed E-state index contributed by atoms with van der Waals surface area (Å²) >= 11 is 11.6. The molecule has 0 N–H and O–H groups in total. The maximum atomic E-state index is 12.4. The fraction of sp³-hybridized carbons (Fsp3) is 0.583. The van der Waals surface area contributed by atoms with Crippen molar-refractivity contribution in [3.8, 4) is 0 Å². The van der Waals surface area contributed by atoms with E-state index >= 15 is 0 Å². The van der Waals surface area contributed by atoms with Gasteiger partial charge < -0.3 is 4.90 Å². The highest BCUT2D eigenvalue weighted by Crippen LogP contribution is 2.19. The van der Waals surface area contributed by atoms with Gasteiger partial charge in [0.25, 0.3) is 5.91 Å². The number of carbonyl (C=O) groups is 1. The third kappa shape index (κ3) is 3.82. The van der Waals surface area contributed by atoms with Crippen molar-refractivity contribution in [1.29, 1.82) is 0 Å². The highest BCUT2D eigenvalue weighted by atomic mass is 35.5. The van der Waals surface area contributed by atoms with Crippen LogP contribution in [0.4, 0.5) is 0 Å². The molecule has 6 heteroatoms. The average molecular weight is 290 g/mol. The fourth-order valence-corrected chi connectivity index (χ4v) is 1.90. The van der Waals surface area contributed by atoms with Gasteiger partial charge in [-0.3, -0.25) is 4.79 Å². The van der Waals surface area contributed by atoms with Crippen molar-refractivity contribution in [3.63, 3.8) is 0 Å². The molecule has 1 heterocycles. The number of amides is 1. The number of nitrogens with zero attached hydrogens (tertiary/aromatic N) is 3. The molecule has 0 aliphatic rings. The molecule has 1 aromatic heterocycles. The van der Waals surface area contributed by atoms with Crippen LogP contribution >= 0.6 is 23.2 Å². The normalized spacial score (nSPS) is 11.1. The molecule has 0 saturated carbocycles. The predicted molar refractivity (Wildman–Crippen MR) is 73.1 cm³/mol. The van der Waals surface area contributed by atoms with Crippen LogP contribution in [-0.2, 0) is 0 Å². The Bertz CT molecular complexity index is 435. The Morgan fingerprint density at radius 1 is 1.28 bits per heavy atom. The Hall–Kier alpha value is -0.870. The lowest BCUT2D eigenvalue weighted by Gasteiger charge is -2.28. The van der Waals surface area contributed by atoms with E-state index in [2.05, 4.69) is 24.0 Å². The van der Waals surface area contributed by atoms with Crippen LogP contribution in [0, 0.1) is 5.92 Å². The van der Waals surface area contributed by atoms with Crippen molar-refractivity contribution < 1.29 is 4.79 Å². The average Bonchev–Trinajstić information content (AvgIpc) is 2.27. The molecule has 0 saturated heterocycles. The Labute approximate surface area is 117 Å². The minimum absolute atomic E-state index is 0.0822. The smallest absolute Gasteiger partial charge is 0.257 e. The summed E-state index contributed by atoms with van der Waals surface area (Å²) in [6.07, 6.45) is 0. The third-order valence-corrected chi connectivity index (χ3v) is 2.86. The molecule has 0 spiro atoms. The van der Waals surface area contributed by atoms with Gasteiger partial charge in [-0.1, -0.05) is 37.0 Å². The van der Waals surface area contributed by atoms with Crippen molar-refractivity contribution >= 4 is 29.1 Å². The van der Waals surface area contributed by atoms with Gasteiger partial charge in [0, 0.05) is 12.6 Å². The van der Waals surface area contributed by atoms with Crippen LogP contribution in [0.3, 0.4) is 0 Å². The highest BCUT2D eigenvalue weighted by molar-refractivity contribution is 6.34. The van der Waals surface area contributed by atoms with Gasteiger partial charge in [0.1, 0.15) is 0 Å². The van der Waals surface area contributed by atoms with Crippen molar-refractivity contribution in [2.24, 2.45) is 5.92 Å². The summed E-state index contributed by atoms with van der Waals surface area (Å²) < 4.78 is 0. The van der Waals surface area contributed by atoms with Crippen molar-refractivity contribution in [2.75, 3.05) is 6.54 Å². The van der Waals surface area contributed by atoms with Crippen LogP contribution < -0.4 is 0 Å². The summed E-state index contributed by atoms with van der Waals surface area (Å²) in [5.74, 6) is 0.209. The van der Waals surface area contributed by atoms with Crippen LogP contribution in [0.25, 0.3) is 0 Å². The molecule has 0 unspecified atom stereocenters. The number of rotatable bonds is 4. The molecule has 18 heavy (non-hydrogen) atoms. The second-order valence-corrected chi connectivity index (χ2v) is 5.56. The monoisotopic (exact) mass is 289 g/mol. The van der Waals surface area contributed by atoms with Gasteiger partial charge in [-0.05, 0) is 25.8 Å². The van der Waals surface area contributed by atoms with Crippen LogP contribution in [0.15, 0.2) is 6.07 Å². The second-order valence-electron chi connectivity index (χ2n) is 4.82. The van der Waals surface area contributed by atoms with E-state index in [-0.39, 0.29) is 22.3 Å². The quantitative estimate of drug-likeness (QED) is 0.854. The minimum atomic E-state index is -0.166. The van der Waals surface area contributed by atoms with Crippen molar-refractivity contribution in [2.45, 2.75) is 33.7 Å². The lowest BCUT2D eigenvalue weighted by Crippen LogP contribution is -2.39. The predicted octanol–water partition coefficient (Wildman–Crippen LogP) is 3.29. The SMILES string of the molecule is CC(C)CN(C(=O)c1cc(Cl)nnc1Cl)C(C)C. The Balaban J connectivity index is 3.05. The summed E-state index contributed by atoms with van der Waals surface area (Å²) in [4.78, 5) is 14.2. The standard InChI is InChI=1S/C12H17Cl2N3O/c1-7(2)6-17(8(3)4)12(18)9-5-10(13)15-16-11(9)14/h5,7-8H,6H2,1-4H3. The summed E-state index contributed by atoms with van der Waals surface area (Å²) in [7, 11) is 0. The minimum Gasteiger partial charge on any atom is -0.336 e. The molecule has 0 aliphatic heterocycles. The van der Waals surface area contributed by atoms with Crippen molar-refractivity contribution in [1.82, 2.24) is 15.1 Å². The molecular formula is C12H17Cl2N3O. The first-order valence-corrected chi connectivity index (χ1v) is 6.58. The van der Waals surface area contributed by atoms with E-state index in [0.717, 1.165) is 0 Å². The number of aromatic nitrogens is 2. The second kappa shape index (κ2) is 6.34. The number of carbonyl (C=O) groups excluding carboxylic acids is 1. The van der Waals surface area contributed by atoms with E-state index in [4.69, 9.17) is 23.2 Å². The zero-order valence-electron chi connectivity index (χ0n) is 10.9. The zero-order chi connectivity index (χ0) is 13.9. The molecule has 0 atom stereocenters. The van der Waals surface area contributed by atoms with Gasteiger partial charge in [-0.15, -0.1) is 10.2 Å². The van der Waals surface area contributed by atoms with Crippen LogP contribution in [0.2, 0.25) is 10.3 Å². The molecule has 1 rings (SSSR count). The Morgan fingerprint density at radius 2 is 1.89 bits per heavy atom. The maximum Gasteiger partial charge on any atom is 0.257 e. The first-order chi connectivity index (χ1) is 8.32. The molecule has 0 radical (unpaired) electrons. The van der Waals surface area contributed by atoms with Gasteiger partial charge in [-0.2, -0.15) is 0 Å². The van der Waals surface area contributed by atoms with Crippen LogP contribution in [-0.4, -0.2) is 33.6 Å². The first-order valence-electron chi connectivity index (χ1n) is 5.82. The van der Waals surface area contributed by atoms with E-state index in [1.54, 1.807) is 4.90 Å². The molecule has 0 aromatic carbocycles. The van der Waals surface area contributed by atoms with Gasteiger partial charge in [0.15, 0.2) is 10.3 Å². The highest BCUT2D eigenvalue weighted by Gasteiger charge is 2.23. The fourth-order valence-electron chi connectivity index (χ4n) is 1.58. The summed E-state index contributed by atoms with van der Waals surface area (Å²) in [5.41, 5.74) is 0.297. The lowest BCUT2D eigenvalue weighted by atomic mass is 10.1.